The molecule has 104 valence electrons. The maximum atomic E-state index is 11.7. The van der Waals surface area contributed by atoms with E-state index < -0.39 is 0 Å². The lowest BCUT2D eigenvalue weighted by molar-refractivity contribution is -0.118. The van der Waals surface area contributed by atoms with Crippen LogP contribution in [0, 0.1) is 12.3 Å². The number of thiazole rings is 1. The van der Waals surface area contributed by atoms with E-state index in [2.05, 4.69) is 10.9 Å². The fourth-order valence-corrected chi connectivity index (χ4v) is 3.33. The number of hydrogen-bond acceptors (Lipinski definition) is 2. The molecule has 1 aromatic heterocycles. The average Bonchev–Trinajstić information content (AvgIpc) is 2.74. The fourth-order valence-electron chi connectivity index (χ4n) is 1.80. The Kier molecular flexibility index (Phi) is 4.87. The maximum absolute atomic E-state index is 11.7. The first-order valence-electron chi connectivity index (χ1n) is 6.06. The van der Waals surface area contributed by atoms with E-state index in [0.29, 0.717) is 21.3 Å². The molecule has 0 fully saturated rings. The van der Waals surface area contributed by atoms with Gasteiger partial charge in [0.25, 0.3) is 0 Å². The molecule has 0 aliphatic rings. The van der Waals surface area contributed by atoms with Gasteiger partial charge in [0.05, 0.1) is 26.8 Å². The van der Waals surface area contributed by atoms with Crippen molar-refractivity contribution in [2.45, 2.75) is 26.3 Å². The van der Waals surface area contributed by atoms with Crippen molar-refractivity contribution in [2.75, 3.05) is 0 Å². The van der Waals surface area contributed by atoms with Crippen LogP contribution in [0.25, 0.3) is 10.2 Å². The highest BCUT2D eigenvalue weighted by Crippen LogP contribution is 2.31. The van der Waals surface area contributed by atoms with Gasteiger partial charge in [0.15, 0.2) is 4.80 Å². The van der Waals surface area contributed by atoms with Gasteiger partial charge in [-0.1, -0.05) is 47.4 Å². The molecule has 0 spiro atoms. The van der Waals surface area contributed by atoms with E-state index in [4.69, 9.17) is 29.6 Å². The zero-order chi connectivity index (χ0) is 14.7. The maximum Gasteiger partial charge on any atom is 0.248 e. The Balaban J connectivity index is 2.73. The quantitative estimate of drug-likeness (QED) is 0.788. The summed E-state index contributed by atoms with van der Waals surface area (Å²) in [6.45, 7) is 2.22. The van der Waals surface area contributed by atoms with Gasteiger partial charge in [-0.15, -0.1) is 6.42 Å². The summed E-state index contributed by atoms with van der Waals surface area (Å²) in [4.78, 5) is 16.4. The molecule has 0 unspecified atom stereocenters. The summed E-state index contributed by atoms with van der Waals surface area (Å²) in [6.07, 6.45) is 6.56. The fraction of sp³-hybridized carbons (Fsp3) is 0.286. The first kappa shape index (κ1) is 15.1. The average molecular weight is 327 g/mol. The van der Waals surface area contributed by atoms with E-state index in [-0.39, 0.29) is 12.5 Å². The molecule has 0 atom stereocenters. The Morgan fingerprint density at radius 2 is 2.25 bits per heavy atom. The lowest BCUT2D eigenvalue weighted by atomic mass is 10.3. The van der Waals surface area contributed by atoms with Crippen LogP contribution in [0.15, 0.2) is 17.1 Å². The number of halogens is 2. The normalized spacial score (nSPS) is 11.8. The van der Waals surface area contributed by atoms with Gasteiger partial charge in [0.2, 0.25) is 5.91 Å². The summed E-state index contributed by atoms with van der Waals surface area (Å²) < 4.78 is 2.65. The molecule has 0 aliphatic carbocycles. The van der Waals surface area contributed by atoms with Gasteiger partial charge in [-0.2, -0.15) is 4.99 Å². The minimum Gasteiger partial charge on any atom is -0.303 e. The third-order valence-electron chi connectivity index (χ3n) is 2.67. The second-order valence-corrected chi connectivity index (χ2v) is 5.93. The second kappa shape index (κ2) is 6.45. The Morgan fingerprint density at radius 3 is 2.90 bits per heavy atom. The van der Waals surface area contributed by atoms with Crippen LogP contribution in [0.4, 0.5) is 0 Å². The van der Waals surface area contributed by atoms with Crippen LogP contribution < -0.4 is 4.80 Å². The largest absolute Gasteiger partial charge is 0.303 e. The summed E-state index contributed by atoms with van der Waals surface area (Å²) in [5, 5.41) is 0.884. The molecule has 0 radical (unpaired) electrons. The summed E-state index contributed by atoms with van der Waals surface area (Å²) in [5.74, 6) is 2.39. The molecule has 1 aromatic carbocycles. The number of carbonyl (C=O) groups excluding carboxylic acids is 1. The molecule has 1 amide bonds. The summed E-state index contributed by atoms with van der Waals surface area (Å²) in [5.41, 5.74) is 0.727. The highest BCUT2D eigenvalue weighted by molar-refractivity contribution is 7.16. The standard InChI is InChI=1S/C14H12Cl2N2OS/c1-3-5-11(19)17-14-18(8-4-2)13-10(20-14)7-6-9(15)12(13)16/h2,6-7H,3,5,8H2,1H3. The monoisotopic (exact) mass is 326 g/mol. The van der Waals surface area contributed by atoms with Crippen LogP contribution in [0.5, 0.6) is 0 Å². The SMILES string of the molecule is C#CCn1c(=NC(=O)CCC)sc2ccc(Cl)c(Cl)c21. The van der Waals surface area contributed by atoms with E-state index in [9.17, 15) is 4.79 Å². The smallest absolute Gasteiger partial charge is 0.248 e. The molecule has 0 bridgehead atoms. The molecule has 0 N–H and O–H groups in total. The highest BCUT2D eigenvalue weighted by Gasteiger charge is 2.12. The predicted octanol–water partition coefficient (Wildman–Crippen LogP) is 3.87. The van der Waals surface area contributed by atoms with Crippen molar-refractivity contribution in [3.8, 4) is 12.3 Å². The van der Waals surface area contributed by atoms with E-state index in [1.54, 1.807) is 10.6 Å². The first-order chi connectivity index (χ1) is 9.58. The molecule has 0 aliphatic heterocycles. The Bertz CT molecular complexity index is 768. The number of rotatable bonds is 3. The Morgan fingerprint density at radius 1 is 1.50 bits per heavy atom. The lowest BCUT2D eigenvalue weighted by Gasteiger charge is -2.03. The number of benzene rings is 1. The lowest BCUT2D eigenvalue weighted by Crippen LogP contribution is -2.16. The number of carbonyl (C=O) groups is 1. The van der Waals surface area contributed by atoms with Crippen LogP contribution in [0.1, 0.15) is 19.8 Å². The summed E-state index contributed by atoms with van der Waals surface area (Å²) in [6, 6.07) is 3.57. The second-order valence-electron chi connectivity index (χ2n) is 4.14. The summed E-state index contributed by atoms with van der Waals surface area (Å²) >= 11 is 13.6. The Hall–Kier alpha value is -1.28. The first-order valence-corrected chi connectivity index (χ1v) is 7.64. The van der Waals surface area contributed by atoms with E-state index in [1.807, 2.05) is 13.0 Å². The number of aromatic nitrogens is 1. The molecule has 6 heteroatoms. The Labute approximate surface area is 130 Å². The van der Waals surface area contributed by atoms with Gasteiger partial charge in [-0.3, -0.25) is 4.79 Å². The van der Waals surface area contributed by atoms with Gasteiger partial charge >= 0.3 is 0 Å². The number of nitrogens with zero attached hydrogens (tertiary/aromatic N) is 2. The van der Waals surface area contributed by atoms with Crippen LogP contribution in [0.2, 0.25) is 10.0 Å². The van der Waals surface area contributed by atoms with Crippen molar-refractivity contribution in [1.82, 2.24) is 4.57 Å². The van der Waals surface area contributed by atoms with E-state index >= 15 is 0 Å². The molecule has 1 heterocycles. The zero-order valence-corrected chi connectivity index (χ0v) is 13.1. The molecule has 2 aromatic rings. The van der Waals surface area contributed by atoms with Crippen molar-refractivity contribution >= 4 is 50.7 Å². The molecule has 0 saturated carbocycles. The number of terminal acetylenes is 1. The zero-order valence-electron chi connectivity index (χ0n) is 10.8. The van der Waals surface area contributed by atoms with Gasteiger partial charge in [0, 0.05) is 6.42 Å². The topological polar surface area (TPSA) is 34.4 Å². The minimum atomic E-state index is -0.160. The van der Waals surface area contributed by atoms with E-state index in [1.165, 1.54) is 11.3 Å². The minimum absolute atomic E-state index is 0.160. The molecule has 2 rings (SSSR count). The predicted molar refractivity (Wildman–Crippen MR) is 84.1 cm³/mol. The molecular weight excluding hydrogens is 315 g/mol. The van der Waals surface area contributed by atoms with Crippen LogP contribution >= 0.6 is 34.5 Å². The van der Waals surface area contributed by atoms with Crippen molar-refractivity contribution in [3.63, 3.8) is 0 Å². The molecule has 3 nitrogen and oxygen atoms in total. The van der Waals surface area contributed by atoms with Crippen LogP contribution in [-0.2, 0) is 11.3 Å². The number of fused-ring (bicyclic) bond motifs is 1. The third-order valence-corrected chi connectivity index (χ3v) is 4.51. The van der Waals surface area contributed by atoms with Gasteiger partial charge < -0.3 is 4.57 Å². The van der Waals surface area contributed by atoms with Crippen molar-refractivity contribution in [1.29, 1.82) is 0 Å². The van der Waals surface area contributed by atoms with Gasteiger partial charge in [-0.25, -0.2) is 0 Å². The van der Waals surface area contributed by atoms with Crippen molar-refractivity contribution < 1.29 is 4.79 Å². The molecule has 0 saturated heterocycles. The summed E-state index contributed by atoms with van der Waals surface area (Å²) in [7, 11) is 0. The molecule has 20 heavy (non-hydrogen) atoms. The van der Waals surface area contributed by atoms with Gasteiger partial charge in [-0.05, 0) is 18.6 Å². The van der Waals surface area contributed by atoms with Crippen molar-refractivity contribution in [2.24, 2.45) is 4.99 Å². The number of amides is 1. The third kappa shape index (κ3) is 2.90. The molecular formula is C14H12Cl2N2OS. The van der Waals surface area contributed by atoms with Crippen molar-refractivity contribution in [3.05, 3.63) is 27.0 Å². The van der Waals surface area contributed by atoms with Crippen LogP contribution in [0.3, 0.4) is 0 Å². The van der Waals surface area contributed by atoms with E-state index in [0.717, 1.165) is 16.6 Å². The van der Waals surface area contributed by atoms with Crippen LogP contribution in [-0.4, -0.2) is 10.5 Å². The van der Waals surface area contributed by atoms with Gasteiger partial charge in [0.1, 0.15) is 0 Å². The number of hydrogen-bond donors (Lipinski definition) is 0. The highest BCUT2D eigenvalue weighted by atomic mass is 35.5.